The smallest absolute Gasteiger partial charge is 0.310 e. The summed E-state index contributed by atoms with van der Waals surface area (Å²) in [5, 5.41) is 0. The van der Waals surface area contributed by atoms with E-state index >= 15 is 0 Å². The average molecular weight is 316 g/mol. The van der Waals surface area contributed by atoms with Gasteiger partial charge in [0.2, 0.25) is 10.0 Å². The lowest BCUT2D eigenvalue weighted by Crippen LogP contribution is -2.31. The number of nitrogens with two attached hydrogens (primary N) is 1. The molecule has 116 valence electrons. The molecule has 1 aliphatic heterocycles. The fraction of sp³-hybridized carbons (Fsp3) is 0.462. The summed E-state index contributed by atoms with van der Waals surface area (Å²) in [4.78, 5) is 11.0. The highest BCUT2D eigenvalue weighted by atomic mass is 32.2. The summed E-state index contributed by atoms with van der Waals surface area (Å²) in [6, 6.07) is 2.21. The number of nitrogens with zero attached hydrogens (tertiary/aromatic N) is 1. The summed E-state index contributed by atoms with van der Waals surface area (Å²) in [6.07, 6.45) is 0.356. The van der Waals surface area contributed by atoms with Crippen molar-refractivity contribution in [2.45, 2.75) is 18.2 Å². The van der Waals surface area contributed by atoms with E-state index < -0.39 is 32.6 Å². The van der Waals surface area contributed by atoms with Crippen LogP contribution in [0.4, 0.5) is 10.1 Å². The van der Waals surface area contributed by atoms with E-state index in [2.05, 4.69) is 4.74 Å². The molecule has 1 atom stereocenters. The molecule has 6 nitrogen and oxygen atoms in total. The largest absolute Gasteiger partial charge is 0.469 e. The number of anilines is 1. The summed E-state index contributed by atoms with van der Waals surface area (Å²) < 4.78 is 44.5. The minimum absolute atomic E-state index is 0.0117. The number of ether oxygens (including phenoxy) is 1. The van der Waals surface area contributed by atoms with Gasteiger partial charge in [-0.25, -0.2) is 12.8 Å². The highest BCUT2D eigenvalue weighted by Gasteiger charge is 2.37. The number of methoxy groups -OCH3 is 1. The number of carbonyl (C=O) groups excluding carboxylic acids is 1. The molecule has 0 spiro atoms. The minimum atomic E-state index is -4.01. The van der Waals surface area contributed by atoms with Crippen molar-refractivity contribution in [2.24, 2.45) is 5.92 Å². The molecule has 1 aromatic rings. The zero-order chi connectivity index (χ0) is 15.8. The predicted molar refractivity (Wildman–Crippen MR) is 74.4 cm³/mol. The van der Waals surface area contributed by atoms with E-state index in [0.717, 1.165) is 16.4 Å². The lowest BCUT2D eigenvalue weighted by Gasteiger charge is -2.17. The van der Waals surface area contributed by atoms with E-state index in [4.69, 9.17) is 5.73 Å². The van der Waals surface area contributed by atoms with E-state index in [-0.39, 0.29) is 18.8 Å². The first-order chi connectivity index (χ1) is 9.77. The van der Waals surface area contributed by atoms with Gasteiger partial charge in [-0.05, 0) is 31.0 Å². The maximum absolute atomic E-state index is 13.9. The second kappa shape index (κ2) is 5.61. The Balaban J connectivity index is 2.32. The molecule has 0 bridgehead atoms. The number of carbonyl (C=O) groups is 1. The third-order valence-electron chi connectivity index (χ3n) is 3.62. The van der Waals surface area contributed by atoms with Crippen LogP contribution in [0.3, 0.4) is 0 Å². The Morgan fingerprint density at radius 3 is 2.76 bits per heavy atom. The quantitative estimate of drug-likeness (QED) is 0.661. The van der Waals surface area contributed by atoms with Crippen molar-refractivity contribution in [2.75, 3.05) is 25.9 Å². The Hall–Kier alpha value is -1.67. The Labute approximate surface area is 122 Å². The molecule has 1 fully saturated rings. The van der Waals surface area contributed by atoms with Crippen molar-refractivity contribution in [1.29, 1.82) is 0 Å². The first-order valence-electron chi connectivity index (χ1n) is 6.41. The van der Waals surface area contributed by atoms with Crippen LogP contribution in [-0.4, -0.2) is 38.9 Å². The van der Waals surface area contributed by atoms with Crippen LogP contribution in [0, 0.1) is 18.7 Å². The molecule has 8 heteroatoms. The number of hydrogen-bond donors (Lipinski definition) is 1. The van der Waals surface area contributed by atoms with Crippen molar-refractivity contribution in [1.82, 2.24) is 4.31 Å². The summed E-state index contributed by atoms with van der Waals surface area (Å²) >= 11 is 0. The summed E-state index contributed by atoms with van der Waals surface area (Å²) in [5.41, 5.74) is 6.34. The van der Waals surface area contributed by atoms with E-state index in [1.165, 1.54) is 7.11 Å². The number of benzene rings is 1. The van der Waals surface area contributed by atoms with Crippen molar-refractivity contribution < 1.29 is 22.3 Å². The molecule has 0 aliphatic carbocycles. The van der Waals surface area contributed by atoms with Gasteiger partial charge in [0.05, 0.1) is 13.0 Å². The number of aryl methyl sites for hydroxylation is 1. The Kier molecular flexibility index (Phi) is 4.20. The lowest BCUT2D eigenvalue weighted by molar-refractivity contribution is -0.144. The minimum Gasteiger partial charge on any atom is -0.469 e. The maximum atomic E-state index is 13.9. The third-order valence-corrected chi connectivity index (χ3v) is 5.50. The summed E-state index contributed by atoms with van der Waals surface area (Å²) in [5.74, 6) is -1.82. The van der Waals surface area contributed by atoms with Gasteiger partial charge in [-0.15, -0.1) is 0 Å². The number of esters is 1. The maximum Gasteiger partial charge on any atom is 0.310 e. The van der Waals surface area contributed by atoms with Crippen LogP contribution in [0.25, 0.3) is 0 Å². The molecule has 2 rings (SSSR count). The molecule has 0 amide bonds. The molecule has 0 aromatic heterocycles. The lowest BCUT2D eigenvalue weighted by atomic mass is 10.1. The second-order valence-corrected chi connectivity index (χ2v) is 6.92. The Bertz CT molecular complexity index is 675. The SMILES string of the molecule is COC(=O)C1CCN(S(=O)(=O)c2cc(N)c(C)cc2F)C1. The Morgan fingerprint density at radius 1 is 1.48 bits per heavy atom. The summed E-state index contributed by atoms with van der Waals surface area (Å²) in [7, 11) is -2.76. The van der Waals surface area contributed by atoms with Crippen molar-refractivity contribution in [3.8, 4) is 0 Å². The molecule has 1 aliphatic rings. The molecule has 2 N–H and O–H groups in total. The summed E-state index contributed by atoms with van der Waals surface area (Å²) in [6.45, 7) is 1.73. The van der Waals surface area contributed by atoms with Crippen LogP contribution < -0.4 is 5.73 Å². The van der Waals surface area contributed by atoms with Crippen LogP contribution in [0.5, 0.6) is 0 Å². The van der Waals surface area contributed by atoms with Crippen LogP contribution >= 0.6 is 0 Å². The molecule has 21 heavy (non-hydrogen) atoms. The van der Waals surface area contributed by atoms with Gasteiger partial charge in [-0.3, -0.25) is 4.79 Å². The van der Waals surface area contributed by atoms with Crippen molar-refractivity contribution >= 4 is 21.7 Å². The third kappa shape index (κ3) is 2.86. The van der Waals surface area contributed by atoms with Gasteiger partial charge in [0, 0.05) is 18.8 Å². The zero-order valence-electron chi connectivity index (χ0n) is 11.8. The van der Waals surface area contributed by atoms with Gasteiger partial charge >= 0.3 is 5.97 Å². The number of rotatable bonds is 3. The topological polar surface area (TPSA) is 89.7 Å². The van der Waals surface area contributed by atoms with Gasteiger partial charge in [0.1, 0.15) is 10.7 Å². The van der Waals surface area contributed by atoms with E-state index in [0.29, 0.717) is 12.0 Å². The molecule has 0 radical (unpaired) electrons. The standard InChI is InChI=1S/C13H17FN2O4S/c1-8-5-10(14)12(6-11(8)15)21(18,19)16-4-3-9(7-16)13(17)20-2/h5-6,9H,3-4,7,15H2,1-2H3. The number of nitrogen functional groups attached to an aromatic ring is 1. The van der Waals surface area contributed by atoms with Gasteiger partial charge < -0.3 is 10.5 Å². The van der Waals surface area contributed by atoms with E-state index in [9.17, 15) is 17.6 Å². The molecule has 0 saturated carbocycles. The van der Waals surface area contributed by atoms with Crippen molar-refractivity contribution in [3.05, 3.63) is 23.5 Å². The number of sulfonamides is 1. The van der Waals surface area contributed by atoms with Gasteiger partial charge in [-0.1, -0.05) is 0 Å². The zero-order valence-corrected chi connectivity index (χ0v) is 12.6. The first-order valence-corrected chi connectivity index (χ1v) is 7.85. The van der Waals surface area contributed by atoms with E-state index in [1.807, 2.05) is 0 Å². The first kappa shape index (κ1) is 15.7. The number of halogens is 1. The molecule has 1 saturated heterocycles. The van der Waals surface area contributed by atoms with Gasteiger partial charge in [-0.2, -0.15) is 4.31 Å². The molecule has 1 unspecified atom stereocenters. The molecular weight excluding hydrogens is 299 g/mol. The predicted octanol–water partition coefficient (Wildman–Crippen LogP) is 0.900. The second-order valence-electron chi connectivity index (χ2n) is 5.01. The van der Waals surface area contributed by atoms with Crippen LogP contribution in [0.1, 0.15) is 12.0 Å². The fourth-order valence-electron chi connectivity index (χ4n) is 2.31. The van der Waals surface area contributed by atoms with E-state index in [1.54, 1.807) is 6.92 Å². The van der Waals surface area contributed by atoms with Crippen molar-refractivity contribution in [3.63, 3.8) is 0 Å². The molecular formula is C13H17FN2O4S. The van der Waals surface area contributed by atoms with Gasteiger partial charge in [0.25, 0.3) is 0 Å². The van der Waals surface area contributed by atoms with Crippen LogP contribution in [0.2, 0.25) is 0 Å². The molecule has 1 aromatic carbocycles. The Morgan fingerprint density at radius 2 is 2.14 bits per heavy atom. The van der Waals surface area contributed by atoms with Crippen LogP contribution in [0.15, 0.2) is 17.0 Å². The highest BCUT2D eigenvalue weighted by molar-refractivity contribution is 7.89. The fourth-order valence-corrected chi connectivity index (χ4v) is 3.89. The number of hydrogen-bond acceptors (Lipinski definition) is 5. The molecule has 1 heterocycles. The average Bonchev–Trinajstić information content (AvgIpc) is 2.92. The monoisotopic (exact) mass is 316 g/mol. The highest BCUT2D eigenvalue weighted by Crippen LogP contribution is 2.28. The van der Waals surface area contributed by atoms with Gasteiger partial charge in [0.15, 0.2) is 0 Å². The normalized spacial score (nSPS) is 19.7. The van der Waals surface area contributed by atoms with Crippen LogP contribution in [-0.2, 0) is 19.6 Å².